The van der Waals surface area contributed by atoms with Crippen molar-refractivity contribution in [3.8, 4) is 17.2 Å². The van der Waals surface area contributed by atoms with E-state index >= 15 is 0 Å². The van der Waals surface area contributed by atoms with Gasteiger partial charge in [-0.3, -0.25) is 4.72 Å². The van der Waals surface area contributed by atoms with Gasteiger partial charge in [-0.25, -0.2) is 8.42 Å². The molecule has 22 heavy (non-hydrogen) atoms. The molecule has 0 atom stereocenters. The van der Waals surface area contributed by atoms with Crippen LogP contribution in [0.15, 0.2) is 41.3 Å². The van der Waals surface area contributed by atoms with E-state index in [2.05, 4.69) is 4.72 Å². The number of aromatic hydroxyl groups is 1. The number of sulfonamides is 1. The molecule has 0 spiro atoms. The number of anilines is 1. The minimum absolute atomic E-state index is 0.112. The summed E-state index contributed by atoms with van der Waals surface area (Å²) in [7, 11) is -1.00. The maximum Gasteiger partial charge on any atom is 0.261 e. The molecule has 0 aliphatic carbocycles. The fourth-order valence-electron chi connectivity index (χ4n) is 1.88. The second-order valence-electron chi connectivity index (χ2n) is 4.65. The summed E-state index contributed by atoms with van der Waals surface area (Å²) in [6.45, 7) is 1.87. The van der Waals surface area contributed by atoms with E-state index in [1.165, 1.54) is 38.5 Å². The average molecular weight is 323 g/mol. The van der Waals surface area contributed by atoms with Gasteiger partial charge in [-0.15, -0.1) is 0 Å². The number of methoxy groups -OCH3 is 2. The van der Waals surface area contributed by atoms with Crippen molar-refractivity contribution in [2.24, 2.45) is 0 Å². The van der Waals surface area contributed by atoms with Gasteiger partial charge in [0.05, 0.1) is 24.8 Å². The molecule has 0 radical (unpaired) electrons. The Morgan fingerprint density at radius 1 is 1.00 bits per heavy atom. The van der Waals surface area contributed by atoms with E-state index in [9.17, 15) is 13.5 Å². The molecule has 2 N–H and O–H groups in total. The lowest BCUT2D eigenvalue weighted by Gasteiger charge is -2.13. The van der Waals surface area contributed by atoms with Crippen molar-refractivity contribution in [2.45, 2.75) is 11.8 Å². The van der Waals surface area contributed by atoms with Crippen LogP contribution in [0, 0.1) is 6.92 Å². The van der Waals surface area contributed by atoms with Crippen LogP contribution in [-0.4, -0.2) is 27.7 Å². The predicted octanol–water partition coefficient (Wildman–Crippen LogP) is 2.52. The second-order valence-corrected chi connectivity index (χ2v) is 6.33. The lowest BCUT2D eigenvalue weighted by molar-refractivity contribution is 0.340. The van der Waals surface area contributed by atoms with Gasteiger partial charge in [0.15, 0.2) is 11.5 Å². The predicted molar refractivity (Wildman–Crippen MR) is 83.2 cm³/mol. The van der Waals surface area contributed by atoms with E-state index < -0.39 is 10.0 Å². The van der Waals surface area contributed by atoms with Gasteiger partial charge in [0.1, 0.15) is 0 Å². The van der Waals surface area contributed by atoms with Crippen molar-refractivity contribution >= 4 is 15.7 Å². The summed E-state index contributed by atoms with van der Waals surface area (Å²) >= 11 is 0. The summed E-state index contributed by atoms with van der Waals surface area (Å²) < 4.78 is 37.1. The summed E-state index contributed by atoms with van der Waals surface area (Å²) in [6.07, 6.45) is 0. The third kappa shape index (κ3) is 3.25. The van der Waals surface area contributed by atoms with E-state index in [0.717, 1.165) is 5.56 Å². The number of benzene rings is 2. The van der Waals surface area contributed by atoms with E-state index in [-0.39, 0.29) is 27.8 Å². The molecule has 0 amide bonds. The summed E-state index contributed by atoms with van der Waals surface area (Å²) in [5.41, 5.74) is 1.19. The summed E-state index contributed by atoms with van der Waals surface area (Å²) in [6, 6.07) is 9.23. The SMILES string of the molecule is COc1cc(NS(=O)(=O)c2ccc(C)cc2)cc(OC)c1O. The van der Waals surface area contributed by atoms with Crippen molar-refractivity contribution in [2.75, 3.05) is 18.9 Å². The van der Waals surface area contributed by atoms with Crippen molar-refractivity contribution in [3.05, 3.63) is 42.0 Å². The third-order valence-electron chi connectivity index (χ3n) is 3.06. The molecule has 6 nitrogen and oxygen atoms in total. The van der Waals surface area contributed by atoms with Gasteiger partial charge in [-0.2, -0.15) is 0 Å². The Bertz CT molecular complexity index is 744. The number of rotatable bonds is 5. The maximum absolute atomic E-state index is 12.3. The first-order valence-corrected chi connectivity index (χ1v) is 7.90. The van der Waals surface area contributed by atoms with E-state index in [0.29, 0.717) is 0 Å². The van der Waals surface area contributed by atoms with Crippen LogP contribution in [0.5, 0.6) is 17.2 Å². The Hall–Kier alpha value is -2.41. The Kier molecular flexibility index (Phi) is 4.46. The molecule has 2 rings (SSSR count). The summed E-state index contributed by atoms with van der Waals surface area (Å²) in [4.78, 5) is 0.143. The monoisotopic (exact) mass is 323 g/mol. The molecule has 0 unspecified atom stereocenters. The zero-order chi connectivity index (χ0) is 16.3. The average Bonchev–Trinajstić information content (AvgIpc) is 2.49. The Labute approximate surface area is 129 Å². The quantitative estimate of drug-likeness (QED) is 0.826. The molecular weight excluding hydrogens is 306 g/mol. The van der Waals surface area contributed by atoms with Crippen molar-refractivity contribution in [3.63, 3.8) is 0 Å². The van der Waals surface area contributed by atoms with Crippen LogP contribution in [0.25, 0.3) is 0 Å². The van der Waals surface area contributed by atoms with Crippen LogP contribution < -0.4 is 14.2 Å². The molecule has 0 saturated carbocycles. The molecule has 0 aliphatic heterocycles. The zero-order valence-corrected chi connectivity index (χ0v) is 13.3. The normalized spacial score (nSPS) is 11.0. The molecule has 0 aliphatic rings. The topological polar surface area (TPSA) is 84.9 Å². The highest BCUT2D eigenvalue weighted by molar-refractivity contribution is 7.92. The number of nitrogens with one attached hydrogen (secondary N) is 1. The number of phenols is 1. The van der Waals surface area contributed by atoms with Crippen LogP contribution in [-0.2, 0) is 10.0 Å². The lowest BCUT2D eigenvalue weighted by Crippen LogP contribution is -2.13. The molecular formula is C15H17NO5S. The van der Waals surface area contributed by atoms with Gasteiger partial charge in [0.25, 0.3) is 10.0 Å². The first-order chi connectivity index (χ1) is 10.4. The molecule has 0 heterocycles. The standard InChI is InChI=1S/C15H17NO5S/c1-10-4-6-12(7-5-10)22(18,19)16-11-8-13(20-2)15(17)14(9-11)21-3/h4-9,16-17H,1-3H3. The van der Waals surface area contributed by atoms with E-state index in [4.69, 9.17) is 9.47 Å². The van der Waals surface area contributed by atoms with Gasteiger partial charge in [0.2, 0.25) is 5.75 Å². The summed E-state index contributed by atoms with van der Waals surface area (Å²) in [5.74, 6) is 0.0326. The van der Waals surface area contributed by atoms with Crippen molar-refractivity contribution in [1.82, 2.24) is 0 Å². The van der Waals surface area contributed by atoms with Gasteiger partial charge >= 0.3 is 0 Å². The molecule has 118 valence electrons. The van der Waals surface area contributed by atoms with E-state index in [1.54, 1.807) is 12.1 Å². The van der Waals surface area contributed by atoms with Crippen LogP contribution in [0.3, 0.4) is 0 Å². The van der Waals surface area contributed by atoms with Gasteiger partial charge in [-0.1, -0.05) is 17.7 Å². The molecule has 2 aromatic rings. The number of hydrogen-bond acceptors (Lipinski definition) is 5. The minimum Gasteiger partial charge on any atom is -0.502 e. The largest absolute Gasteiger partial charge is 0.502 e. The second kappa shape index (κ2) is 6.15. The number of phenolic OH excluding ortho intramolecular Hbond substituents is 1. The zero-order valence-electron chi connectivity index (χ0n) is 12.5. The Morgan fingerprint density at radius 2 is 1.50 bits per heavy atom. The van der Waals surface area contributed by atoms with Crippen LogP contribution >= 0.6 is 0 Å². The van der Waals surface area contributed by atoms with Gasteiger partial charge in [0, 0.05) is 12.1 Å². The smallest absolute Gasteiger partial charge is 0.261 e. The molecule has 0 bridgehead atoms. The number of aryl methyl sites for hydroxylation is 1. The highest BCUT2D eigenvalue weighted by Gasteiger charge is 2.17. The Morgan fingerprint density at radius 3 is 1.95 bits per heavy atom. The molecule has 0 aromatic heterocycles. The van der Waals surface area contributed by atoms with Crippen molar-refractivity contribution < 1.29 is 23.0 Å². The maximum atomic E-state index is 12.3. The van der Waals surface area contributed by atoms with Crippen LogP contribution in [0.4, 0.5) is 5.69 Å². The molecule has 7 heteroatoms. The number of ether oxygens (including phenoxy) is 2. The highest BCUT2D eigenvalue weighted by Crippen LogP contribution is 2.39. The van der Waals surface area contributed by atoms with Gasteiger partial charge < -0.3 is 14.6 Å². The molecule has 2 aromatic carbocycles. The first-order valence-electron chi connectivity index (χ1n) is 6.42. The Balaban J connectivity index is 2.39. The van der Waals surface area contributed by atoms with Gasteiger partial charge in [-0.05, 0) is 19.1 Å². The third-order valence-corrected chi connectivity index (χ3v) is 4.46. The van der Waals surface area contributed by atoms with Crippen molar-refractivity contribution in [1.29, 1.82) is 0 Å². The first kappa shape index (κ1) is 16.0. The highest BCUT2D eigenvalue weighted by atomic mass is 32.2. The fraction of sp³-hybridized carbons (Fsp3) is 0.200. The molecule has 0 saturated heterocycles. The van der Waals surface area contributed by atoms with Crippen LogP contribution in [0.2, 0.25) is 0 Å². The summed E-state index contributed by atoms with van der Waals surface area (Å²) in [5, 5.41) is 9.83. The fourth-order valence-corrected chi connectivity index (χ4v) is 2.92. The van der Waals surface area contributed by atoms with Crippen LogP contribution in [0.1, 0.15) is 5.56 Å². The lowest BCUT2D eigenvalue weighted by atomic mass is 10.2. The van der Waals surface area contributed by atoms with E-state index in [1.807, 2.05) is 6.92 Å². The number of hydrogen-bond donors (Lipinski definition) is 2. The minimum atomic E-state index is -3.74. The molecule has 0 fully saturated rings.